The Bertz CT molecular complexity index is 464. The number of carbonyl (C=O) groups is 1. The van der Waals surface area contributed by atoms with Crippen molar-refractivity contribution in [3.05, 3.63) is 16.4 Å². The molecule has 1 heterocycles. The fraction of sp³-hybridized carbons (Fsp3) is 0.375. The molecule has 98 valence electrons. The molecular formula is C8H13N7O3. The number of amides is 1. The van der Waals surface area contributed by atoms with Crippen LogP contribution in [0.25, 0.3) is 0 Å². The predicted octanol–water partition coefficient (Wildman–Crippen LogP) is -1.02. The lowest BCUT2D eigenvalue weighted by molar-refractivity contribution is -0.383. The number of aromatic nitrogens is 2. The summed E-state index contributed by atoms with van der Waals surface area (Å²) in [6, 6.07) is 0. The second-order valence-corrected chi connectivity index (χ2v) is 3.28. The summed E-state index contributed by atoms with van der Waals surface area (Å²) >= 11 is 0. The average molecular weight is 255 g/mol. The molecule has 0 saturated heterocycles. The highest BCUT2D eigenvalue weighted by atomic mass is 16.6. The zero-order chi connectivity index (χ0) is 13.7. The molecule has 0 unspecified atom stereocenters. The molecule has 0 fully saturated rings. The number of nitrogens with two attached hydrogens (primary N) is 2. The number of nitrogens with one attached hydrogen (secondary N) is 1. The highest BCUT2D eigenvalue weighted by molar-refractivity contribution is 5.81. The van der Waals surface area contributed by atoms with E-state index in [1.165, 1.54) is 4.90 Å². The number of hydrogen-bond acceptors (Lipinski definition) is 8. The molecule has 18 heavy (non-hydrogen) atoms. The van der Waals surface area contributed by atoms with E-state index in [1.54, 1.807) is 6.92 Å². The van der Waals surface area contributed by atoms with Crippen LogP contribution in [0, 0.1) is 10.1 Å². The maximum absolute atomic E-state index is 11.0. The minimum absolute atomic E-state index is 0.00995. The van der Waals surface area contributed by atoms with E-state index >= 15 is 0 Å². The summed E-state index contributed by atoms with van der Waals surface area (Å²) in [6.45, 7) is 1.85. The molecule has 0 aliphatic carbocycles. The van der Waals surface area contributed by atoms with Crippen LogP contribution >= 0.6 is 0 Å². The first-order chi connectivity index (χ1) is 8.51. The van der Waals surface area contributed by atoms with Crippen LogP contribution in [-0.2, 0) is 4.79 Å². The monoisotopic (exact) mass is 255 g/mol. The Balaban J connectivity index is 3.28. The van der Waals surface area contributed by atoms with Gasteiger partial charge in [-0.3, -0.25) is 14.9 Å². The van der Waals surface area contributed by atoms with Crippen molar-refractivity contribution in [2.45, 2.75) is 6.92 Å². The highest BCUT2D eigenvalue weighted by Gasteiger charge is 2.26. The number of rotatable bonds is 6. The molecule has 0 aliphatic rings. The van der Waals surface area contributed by atoms with Gasteiger partial charge in [0.1, 0.15) is 6.33 Å². The SMILES string of the molecule is CCN(CC(N)=O)c1ncnc(NN)c1[N+](=O)[O-]. The zero-order valence-corrected chi connectivity index (χ0v) is 9.66. The summed E-state index contributed by atoms with van der Waals surface area (Å²) in [6.07, 6.45) is 1.11. The van der Waals surface area contributed by atoms with Crippen molar-refractivity contribution in [1.82, 2.24) is 9.97 Å². The van der Waals surface area contributed by atoms with E-state index in [4.69, 9.17) is 11.6 Å². The number of primary amides is 1. The van der Waals surface area contributed by atoms with Crippen LogP contribution < -0.4 is 21.9 Å². The van der Waals surface area contributed by atoms with Crippen LogP contribution in [0.15, 0.2) is 6.33 Å². The number of nitro groups is 1. The van der Waals surface area contributed by atoms with Gasteiger partial charge < -0.3 is 16.1 Å². The van der Waals surface area contributed by atoms with E-state index in [0.29, 0.717) is 6.54 Å². The molecule has 1 rings (SSSR count). The van der Waals surface area contributed by atoms with Gasteiger partial charge in [0, 0.05) is 6.54 Å². The van der Waals surface area contributed by atoms with Gasteiger partial charge >= 0.3 is 5.69 Å². The summed E-state index contributed by atoms with van der Waals surface area (Å²) in [7, 11) is 0. The minimum Gasteiger partial charge on any atom is -0.368 e. The van der Waals surface area contributed by atoms with Crippen LogP contribution in [0.1, 0.15) is 6.92 Å². The van der Waals surface area contributed by atoms with Gasteiger partial charge in [-0.25, -0.2) is 15.8 Å². The molecule has 5 N–H and O–H groups in total. The van der Waals surface area contributed by atoms with Gasteiger partial charge in [-0.05, 0) is 6.92 Å². The van der Waals surface area contributed by atoms with Crippen molar-refractivity contribution in [1.29, 1.82) is 0 Å². The first-order valence-corrected chi connectivity index (χ1v) is 5.00. The zero-order valence-electron chi connectivity index (χ0n) is 9.66. The van der Waals surface area contributed by atoms with Crippen molar-refractivity contribution in [3.8, 4) is 0 Å². The van der Waals surface area contributed by atoms with E-state index in [9.17, 15) is 14.9 Å². The number of nitrogens with zero attached hydrogens (tertiary/aromatic N) is 4. The fourth-order valence-corrected chi connectivity index (χ4v) is 1.40. The van der Waals surface area contributed by atoms with E-state index in [-0.39, 0.29) is 18.2 Å². The largest absolute Gasteiger partial charge is 0.368 e. The smallest absolute Gasteiger partial charge is 0.354 e. The predicted molar refractivity (Wildman–Crippen MR) is 63.6 cm³/mol. The summed E-state index contributed by atoms with van der Waals surface area (Å²) in [4.78, 5) is 30.0. The molecule has 0 aliphatic heterocycles. The molecule has 0 saturated carbocycles. The van der Waals surface area contributed by atoms with E-state index in [2.05, 4.69) is 15.4 Å². The number of likely N-dealkylation sites (N-methyl/N-ethyl adjacent to an activating group) is 1. The van der Waals surface area contributed by atoms with Gasteiger partial charge in [-0.15, -0.1) is 0 Å². The summed E-state index contributed by atoms with van der Waals surface area (Å²) in [5, 5.41) is 11.0. The van der Waals surface area contributed by atoms with Crippen LogP contribution in [0.2, 0.25) is 0 Å². The maximum atomic E-state index is 11.0. The first kappa shape index (κ1) is 13.6. The molecule has 1 amide bonds. The highest BCUT2D eigenvalue weighted by Crippen LogP contribution is 2.30. The number of nitrogen functional groups attached to an aromatic ring is 1. The Labute approximate surface area is 102 Å². The van der Waals surface area contributed by atoms with Gasteiger partial charge in [0.15, 0.2) is 0 Å². The fourth-order valence-electron chi connectivity index (χ4n) is 1.40. The van der Waals surface area contributed by atoms with Gasteiger partial charge in [0.05, 0.1) is 11.5 Å². The number of anilines is 2. The van der Waals surface area contributed by atoms with Gasteiger partial charge in [-0.2, -0.15) is 0 Å². The van der Waals surface area contributed by atoms with E-state index in [1.807, 2.05) is 0 Å². The minimum atomic E-state index is -0.672. The molecule has 10 heteroatoms. The first-order valence-electron chi connectivity index (χ1n) is 5.00. The van der Waals surface area contributed by atoms with E-state index < -0.39 is 16.5 Å². The van der Waals surface area contributed by atoms with Crippen molar-refractivity contribution in [2.24, 2.45) is 11.6 Å². The second kappa shape index (κ2) is 5.72. The quantitative estimate of drug-likeness (QED) is 0.331. The van der Waals surface area contributed by atoms with Crippen molar-refractivity contribution in [2.75, 3.05) is 23.4 Å². The third kappa shape index (κ3) is 2.79. The van der Waals surface area contributed by atoms with Gasteiger partial charge in [-0.1, -0.05) is 0 Å². The Hall–Kier alpha value is -2.49. The average Bonchev–Trinajstić information content (AvgIpc) is 2.34. The second-order valence-electron chi connectivity index (χ2n) is 3.28. The standard InChI is InChI=1S/C8H13N7O3/c1-2-14(3-5(9)16)8-6(15(17)18)7(13-10)11-4-12-8/h4H,2-3,10H2,1H3,(H2,9,16)(H,11,12,13). The molecule has 0 bridgehead atoms. The molecule has 1 aromatic heterocycles. The Morgan fingerprint density at radius 1 is 1.61 bits per heavy atom. The molecule has 10 nitrogen and oxygen atoms in total. The third-order valence-corrected chi connectivity index (χ3v) is 2.15. The summed E-state index contributed by atoms with van der Waals surface area (Å²) in [5.41, 5.74) is 6.78. The lowest BCUT2D eigenvalue weighted by atomic mass is 10.3. The molecular weight excluding hydrogens is 242 g/mol. The normalized spacial score (nSPS) is 9.89. The Kier molecular flexibility index (Phi) is 4.32. The van der Waals surface area contributed by atoms with Crippen LogP contribution in [-0.4, -0.2) is 33.9 Å². The Morgan fingerprint density at radius 2 is 2.28 bits per heavy atom. The maximum Gasteiger partial charge on any atom is 0.354 e. The third-order valence-electron chi connectivity index (χ3n) is 2.15. The molecule has 0 spiro atoms. The topological polar surface area (TPSA) is 153 Å². The summed E-state index contributed by atoms with van der Waals surface area (Å²) < 4.78 is 0. The molecule has 0 radical (unpaired) electrons. The van der Waals surface area contributed by atoms with Crippen molar-refractivity contribution >= 4 is 23.2 Å². The Morgan fingerprint density at radius 3 is 2.72 bits per heavy atom. The van der Waals surface area contributed by atoms with Crippen molar-refractivity contribution < 1.29 is 9.72 Å². The lowest BCUT2D eigenvalue weighted by Gasteiger charge is -2.19. The van der Waals surface area contributed by atoms with Gasteiger partial charge in [0.2, 0.25) is 17.5 Å². The van der Waals surface area contributed by atoms with Crippen LogP contribution in [0.3, 0.4) is 0 Å². The number of hydrazine groups is 1. The molecule has 1 aromatic rings. The van der Waals surface area contributed by atoms with Crippen molar-refractivity contribution in [3.63, 3.8) is 0 Å². The number of hydrogen-bond donors (Lipinski definition) is 3. The summed E-state index contributed by atoms with van der Waals surface area (Å²) in [5.74, 6) is 4.39. The number of carbonyl (C=O) groups excluding carboxylic acids is 1. The molecule has 0 atom stereocenters. The van der Waals surface area contributed by atoms with Crippen LogP contribution in [0.5, 0.6) is 0 Å². The lowest BCUT2D eigenvalue weighted by Crippen LogP contribution is -2.34. The molecule has 0 aromatic carbocycles. The van der Waals surface area contributed by atoms with Gasteiger partial charge in [0.25, 0.3) is 0 Å². The van der Waals surface area contributed by atoms with Crippen LogP contribution in [0.4, 0.5) is 17.3 Å². The van der Waals surface area contributed by atoms with E-state index in [0.717, 1.165) is 6.33 Å².